The molecule has 0 radical (unpaired) electrons. The molecule has 0 unspecified atom stereocenters. The second kappa shape index (κ2) is 10.4. The lowest BCUT2D eigenvalue weighted by molar-refractivity contribution is -0.117. The van der Waals surface area contributed by atoms with Crippen LogP contribution in [0, 0.1) is 13.8 Å². The molecular weight excluding hydrogens is 396 g/mol. The van der Waals surface area contributed by atoms with Gasteiger partial charge in [-0.25, -0.2) is 0 Å². The van der Waals surface area contributed by atoms with E-state index in [2.05, 4.69) is 10.6 Å². The summed E-state index contributed by atoms with van der Waals surface area (Å²) < 4.78 is 5.64. The van der Waals surface area contributed by atoms with Gasteiger partial charge in [-0.05, 0) is 55.6 Å². The summed E-state index contributed by atoms with van der Waals surface area (Å²) in [4.78, 5) is 26.2. The predicted molar refractivity (Wildman–Crippen MR) is 121 cm³/mol. The Morgan fingerprint density at radius 1 is 0.967 bits per heavy atom. The van der Waals surface area contributed by atoms with Gasteiger partial charge in [0, 0.05) is 10.4 Å². The standard InChI is InChI=1S/C24H24N2O3S/c1-17-5-9-19(10-6-17)23(27)26-22(16-21-4-3-15-30-21)24(28)25-13-14-29-20-11-7-18(2)8-12-20/h3-12,15-16H,13-14H2,1-2H3,(H,25,28)(H,26,27)/b22-16-. The molecule has 0 saturated heterocycles. The Balaban J connectivity index is 1.61. The van der Waals surface area contributed by atoms with Gasteiger partial charge in [0.1, 0.15) is 18.1 Å². The number of amides is 2. The summed E-state index contributed by atoms with van der Waals surface area (Å²) in [5.74, 6) is 0.0529. The highest BCUT2D eigenvalue weighted by Crippen LogP contribution is 2.14. The van der Waals surface area contributed by atoms with Crippen LogP contribution in [0.1, 0.15) is 26.4 Å². The summed E-state index contributed by atoms with van der Waals surface area (Å²) in [6.07, 6.45) is 1.67. The highest BCUT2D eigenvalue weighted by molar-refractivity contribution is 7.10. The van der Waals surface area contributed by atoms with Crippen molar-refractivity contribution in [1.29, 1.82) is 0 Å². The smallest absolute Gasteiger partial charge is 0.267 e. The van der Waals surface area contributed by atoms with E-state index >= 15 is 0 Å². The van der Waals surface area contributed by atoms with Gasteiger partial charge in [-0.15, -0.1) is 11.3 Å². The van der Waals surface area contributed by atoms with Crippen LogP contribution in [0.3, 0.4) is 0 Å². The lowest BCUT2D eigenvalue weighted by Gasteiger charge is -2.12. The number of ether oxygens (including phenoxy) is 1. The van der Waals surface area contributed by atoms with Crippen molar-refractivity contribution >= 4 is 29.2 Å². The van der Waals surface area contributed by atoms with Crippen LogP contribution in [-0.4, -0.2) is 25.0 Å². The number of nitrogens with one attached hydrogen (secondary N) is 2. The van der Waals surface area contributed by atoms with Crippen LogP contribution in [0.25, 0.3) is 6.08 Å². The first-order chi connectivity index (χ1) is 14.5. The molecule has 0 atom stereocenters. The van der Waals surface area contributed by atoms with Gasteiger partial charge < -0.3 is 15.4 Å². The topological polar surface area (TPSA) is 67.4 Å². The number of carbonyl (C=O) groups is 2. The number of hydrogen-bond acceptors (Lipinski definition) is 4. The van der Waals surface area contributed by atoms with Crippen LogP contribution >= 0.6 is 11.3 Å². The summed E-state index contributed by atoms with van der Waals surface area (Å²) in [6, 6.07) is 18.7. The summed E-state index contributed by atoms with van der Waals surface area (Å²) in [6.45, 7) is 4.61. The highest BCUT2D eigenvalue weighted by atomic mass is 32.1. The Bertz CT molecular complexity index is 1010. The minimum Gasteiger partial charge on any atom is -0.492 e. The molecule has 6 heteroatoms. The van der Waals surface area contributed by atoms with Crippen molar-refractivity contribution in [2.24, 2.45) is 0 Å². The number of carbonyl (C=O) groups excluding carboxylic acids is 2. The first-order valence-corrected chi connectivity index (χ1v) is 10.5. The highest BCUT2D eigenvalue weighted by Gasteiger charge is 2.14. The first kappa shape index (κ1) is 21.3. The van der Waals surface area contributed by atoms with E-state index in [-0.39, 0.29) is 17.5 Å². The molecule has 0 aliphatic heterocycles. The van der Waals surface area contributed by atoms with E-state index in [4.69, 9.17) is 4.74 Å². The zero-order chi connectivity index (χ0) is 21.3. The van der Waals surface area contributed by atoms with E-state index in [0.29, 0.717) is 18.7 Å². The summed E-state index contributed by atoms with van der Waals surface area (Å²) in [5.41, 5.74) is 2.90. The number of thiophene rings is 1. The Morgan fingerprint density at radius 2 is 1.63 bits per heavy atom. The molecule has 5 nitrogen and oxygen atoms in total. The van der Waals surface area contributed by atoms with Gasteiger partial charge in [-0.3, -0.25) is 9.59 Å². The van der Waals surface area contributed by atoms with Crippen LogP contribution in [-0.2, 0) is 4.79 Å². The molecule has 0 bridgehead atoms. The van der Waals surface area contributed by atoms with Crippen LogP contribution in [0.4, 0.5) is 0 Å². The van der Waals surface area contributed by atoms with E-state index in [1.807, 2.05) is 67.8 Å². The van der Waals surface area contributed by atoms with Crippen LogP contribution in [0.5, 0.6) is 5.75 Å². The minimum atomic E-state index is -0.364. The lowest BCUT2D eigenvalue weighted by Crippen LogP contribution is -2.36. The third-order valence-electron chi connectivity index (χ3n) is 4.31. The van der Waals surface area contributed by atoms with E-state index < -0.39 is 0 Å². The number of rotatable bonds is 8. The van der Waals surface area contributed by atoms with Crippen molar-refractivity contribution in [3.8, 4) is 5.75 Å². The Morgan fingerprint density at radius 3 is 2.27 bits per heavy atom. The third-order valence-corrected chi connectivity index (χ3v) is 5.13. The Hall–Kier alpha value is -3.38. The van der Waals surface area contributed by atoms with Crippen molar-refractivity contribution in [3.63, 3.8) is 0 Å². The second-order valence-corrected chi connectivity index (χ2v) is 7.79. The lowest BCUT2D eigenvalue weighted by atomic mass is 10.1. The predicted octanol–water partition coefficient (Wildman–Crippen LogP) is 4.33. The second-order valence-electron chi connectivity index (χ2n) is 6.81. The normalized spacial score (nSPS) is 11.1. The molecule has 1 heterocycles. The molecule has 1 aromatic heterocycles. The van der Waals surface area contributed by atoms with Crippen molar-refractivity contribution in [2.45, 2.75) is 13.8 Å². The number of aryl methyl sites for hydroxylation is 2. The molecular formula is C24H24N2O3S. The molecule has 0 aliphatic rings. The fourth-order valence-corrected chi connectivity index (χ4v) is 3.29. The molecule has 154 valence electrons. The van der Waals surface area contributed by atoms with E-state index in [1.165, 1.54) is 11.3 Å². The van der Waals surface area contributed by atoms with Gasteiger partial charge in [0.2, 0.25) is 0 Å². The fourth-order valence-electron chi connectivity index (χ4n) is 2.64. The average Bonchev–Trinajstić information content (AvgIpc) is 3.25. The monoisotopic (exact) mass is 420 g/mol. The maximum atomic E-state index is 12.7. The van der Waals surface area contributed by atoms with Gasteiger partial charge in [-0.1, -0.05) is 41.5 Å². The molecule has 0 saturated carbocycles. The van der Waals surface area contributed by atoms with E-state index in [1.54, 1.807) is 18.2 Å². The van der Waals surface area contributed by atoms with Gasteiger partial charge in [0.25, 0.3) is 11.8 Å². The third kappa shape index (κ3) is 6.32. The van der Waals surface area contributed by atoms with Gasteiger partial charge in [-0.2, -0.15) is 0 Å². The molecule has 3 rings (SSSR count). The largest absolute Gasteiger partial charge is 0.492 e. The van der Waals surface area contributed by atoms with Crippen molar-refractivity contribution in [1.82, 2.24) is 10.6 Å². The Labute approximate surface area is 180 Å². The van der Waals surface area contributed by atoms with Crippen LogP contribution in [0.15, 0.2) is 71.7 Å². The zero-order valence-corrected chi connectivity index (χ0v) is 17.8. The molecule has 0 spiro atoms. The first-order valence-electron chi connectivity index (χ1n) is 9.62. The van der Waals surface area contributed by atoms with Gasteiger partial charge in [0.05, 0.1) is 6.54 Å². The molecule has 2 aromatic carbocycles. The van der Waals surface area contributed by atoms with Crippen molar-refractivity contribution in [2.75, 3.05) is 13.2 Å². The van der Waals surface area contributed by atoms with Gasteiger partial charge in [0.15, 0.2) is 0 Å². The summed E-state index contributed by atoms with van der Waals surface area (Å²) >= 11 is 1.49. The zero-order valence-electron chi connectivity index (χ0n) is 17.0. The number of benzene rings is 2. The summed E-state index contributed by atoms with van der Waals surface area (Å²) in [7, 11) is 0. The molecule has 2 N–H and O–H groups in total. The maximum Gasteiger partial charge on any atom is 0.267 e. The van der Waals surface area contributed by atoms with Gasteiger partial charge >= 0.3 is 0 Å². The van der Waals surface area contributed by atoms with Crippen LogP contribution in [0.2, 0.25) is 0 Å². The van der Waals surface area contributed by atoms with E-state index in [0.717, 1.165) is 21.8 Å². The quantitative estimate of drug-likeness (QED) is 0.421. The van der Waals surface area contributed by atoms with Crippen molar-refractivity contribution < 1.29 is 14.3 Å². The molecule has 0 fully saturated rings. The SMILES string of the molecule is Cc1ccc(OCCNC(=O)/C(=C/c2cccs2)NC(=O)c2ccc(C)cc2)cc1. The van der Waals surface area contributed by atoms with Crippen molar-refractivity contribution in [3.05, 3.63) is 93.3 Å². The van der Waals surface area contributed by atoms with Crippen LogP contribution < -0.4 is 15.4 Å². The fraction of sp³-hybridized carbons (Fsp3) is 0.167. The maximum absolute atomic E-state index is 12.7. The number of hydrogen-bond donors (Lipinski definition) is 2. The molecule has 30 heavy (non-hydrogen) atoms. The molecule has 2 amide bonds. The Kier molecular flexibility index (Phi) is 7.40. The van der Waals surface area contributed by atoms with E-state index in [9.17, 15) is 9.59 Å². The molecule has 0 aliphatic carbocycles. The summed E-state index contributed by atoms with van der Waals surface area (Å²) in [5, 5.41) is 7.45. The minimum absolute atomic E-state index is 0.193. The average molecular weight is 421 g/mol. The molecule has 3 aromatic rings.